The van der Waals surface area contributed by atoms with Crippen LogP contribution in [0.25, 0.3) is 0 Å². The minimum absolute atomic E-state index is 0.0776. The van der Waals surface area contributed by atoms with E-state index in [4.69, 9.17) is 13.6 Å². The molecular weight excluding hydrogens is 579 g/mol. The molecule has 254 valence electrons. The minimum Gasteiger partial charge on any atom is -0.414 e. The average molecular weight is 648 g/mol. The summed E-state index contributed by atoms with van der Waals surface area (Å²) in [6, 6.07) is 0. The van der Waals surface area contributed by atoms with E-state index >= 15 is 0 Å². The first kappa shape index (κ1) is 36.4. The van der Waals surface area contributed by atoms with Gasteiger partial charge in [0.2, 0.25) is 5.91 Å². The number of ether oxygens (including phenoxy) is 1. The van der Waals surface area contributed by atoms with Gasteiger partial charge < -0.3 is 18.5 Å². The number of fused-ring (bicyclic) bond motifs is 5. The Morgan fingerprint density at radius 1 is 0.932 bits per heavy atom. The Morgan fingerprint density at radius 3 is 2.14 bits per heavy atom. The van der Waals surface area contributed by atoms with Gasteiger partial charge in [-0.2, -0.15) is 0 Å². The Labute approximate surface area is 273 Å². The maximum Gasteiger partial charge on any atom is 0.224 e. The molecule has 0 aromatic carbocycles. The van der Waals surface area contributed by atoms with Crippen molar-refractivity contribution in [2.75, 3.05) is 27.3 Å². The van der Waals surface area contributed by atoms with Gasteiger partial charge in [-0.1, -0.05) is 67.0 Å². The van der Waals surface area contributed by atoms with E-state index in [0.29, 0.717) is 36.2 Å². The van der Waals surface area contributed by atoms with Crippen molar-refractivity contribution in [1.29, 1.82) is 0 Å². The zero-order chi connectivity index (χ0) is 33.1. The lowest BCUT2D eigenvalue weighted by Crippen LogP contribution is -2.60. The topological polar surface area (TPSA) is 48.0 Å². The molecule has 4 aliphatic carbocycles. The summed E-state index contributed by atoms with van der Waals surface area (Å²) in [5, 5.41) is 0.378. The second-order valence-electron chi connectivity index (χ2n) is 18.9. The van der Waals surface area contributed by atoms with Crippen molar-refractivity contribution in [3.8, 4) is 0 Å². The standard InChI is InChI=1S/C37H69NO4Si2/c1-34(2,3)43(11,12)41-28-23-26-15-17-29-30-18-16-27(25-40-22-20-33(39)38(9)10)36(30,7)21-19-31(29)37(26,8)32(24-28)42-44(13,14)35(4,5)6/h15,27-32H,16-25H2,1-14H3/t27-,28-,29+,30+,31+,32+,36-,37+/m1/s1. The molecule has 0 unspecified atom stereocenters. The zero-order valence-electron chi connectivity index (χ0n) is 31.2. The smallest absolute Gasteiger partial charge is 0.224 e. The molecule has 0 radical (unpaired) electrons. The summed E-state index contributed by atoms with van der Waals surface area (Å²) in [5.41, 5.74) is 2.05. The van der Waals surface area contributed by atoms with Gasteiger partial charge in [0.1, 0.15) is 0 Å². The van der Waals surface area contributed by atoms with Gasteiger partial charge >= 0.3 is 0 Å². The van der Waals surface area contributed by atoms with Crippen LogP contribution in [0.3, 0.4) is 0 Å². The van der Waals surface area contributed by atoms with Crippen LogP contribution in [-0.2, 0) is 18.4 Å². The van der Waals surface area contributed by atoms with Crippen molar-refractivity contribution in [1.82, 2.24) is 4.90 Å². The molecule has 0 spiro atoms. The van der Waals surface area contributed by atoms with Crippen LogP contribution in [0.5, 0.6) is 0 Å². The van der Waals surface area contributed by atoms with Gasteiger partial charge in [0.25, 0.3) is 0 Å². The van der Waals surface area contributed by atoms with Gasteiger partial charge in [-0.3, -0.25) is 4.79 Å². The van der Waals surface area contributed by atoms with E-state index in [9.17, 15) is 4.79 Å². The third kappa shape index (κ3) is 6.75. The molecule has 0 aromatic heterocycles. The van der Waals surface area contributed by atoms with E-state index in [1.807, 2.05) is 14.1 Å². The number of amides is 1. The molecule has 0 heterocycles. The number of carbonyl (C=O) groups is 1. The maximum absolute atomic E-state index is 12.1. The van der Waals surface area contributed by atoms with E-state index < -0.39 is 16.6 Å². The predicted molar refractivity (Wildman–Crippen MR) is 189 cm³/mol. The number of hydrogen-bond acceptors (Lipinski definition) is 4. The summed E-state index contributed by atoms with van der Waals surface area (Å²) < 4.78 is 20.9. The second kappa shape index (κ2) is 12.5. The van der Waals surface area contributed by atoms with Crippen molar-refractivity contribution >= 4 is 22.5 Å². The molecule has 44 heavy (non-hydrogen) atoms. The number of carbonyl (C=O) groups excluding carboxylic acids is 1. The van der Waals surface area contributed by atoms with Crippen LogP contribution >= 0.6 is 0 Å². The highest BCUT2D eigenvalue weighted by atomic mass is 28.4. The fraction of sp³-hybridized carbons (Fsp3) is 0.919. The molecule has 1 amide bonds. The molecule has 7 heteroatoms. The lowest BCUT2D eigenvalue weighted by atomic mass is 9.46. The van der Waals surface area contributed by atoms with Crippen LogP contribution in [0, 0.1) is 34.5 Å². The molecule has 4 aliphatic rings. The molecule has 0 aromatic rings. The van der Waals surface area contributed by atoms with E-state index in [-0.39, 0.29) is 33.6 Å². The summed E-state index contributed by atoms with van der Waals surface area (Å²) in [7, 11) is -0.250. The monoisotopic (exact) mass is 647 g/mol. The number of allylic oxidation sites excluding steroid dienone is 1. The highest BCUT2D eigenvalue weighted by Crippen LogP contribution is 2.67. The van der Waals surface area contributed by atoms with Gasteiger partial charge in [0.15, 0.2) is 16.6 Å². The van der Waals surface area contributed by atoms with E-state index in [0.717, 1.165) is 25.4 Å². The SMILES string of the molecule is CN(C)C(=O)CCOC[C@H]1CC[C@H]2[C@@H]3CC=C4C[C@@H](O[Si](C)(C)C(C)(C)C)C[C@H](O[Si](C)(C)C(C)(C)C)[C@]4(C)[C@H]3CC[C@]12C. The summed E-state index contributed by atoms with van der Waals surface area (Å²) in [5.74, 6) is 2.86. The van der Waals surface area contributed by atoms with Crippen LogP contribution in [0.15, 0.2) is 11.6 Å². The minimum atomic E-state index is -2.00. The highest BCUT2D eigenvalue weighted by Gasteiger charge is 2.62. The molecule has 0 aliphatic heterocycles. The Morgan fingerprint density at radius 2 is 1.55 bits per heavy atom. The molecule has 4 rings (SSSR count). The van der Waals surface area contributed by atoms with Crippen LogP contribution in [0.1, 0.15) is 107 Å². The van der Waals surface area contributed by atoms with Crippen LogP contribution < -0.4 is 0 Å². The third-order valence-corrected chi connectivity index (χ3v) is 23.1. The molecule has 5 nitrogen and oxygen atoms in total. The lowest BCUT2D eigenvalue weighted by molar-refractivity contribution is -0.130. The largest absolute Gasteiger partial charge is 0.414 e. The zero-order valence-corrected chi connectivity index (χ0v) is 33.2. The molecule has 0 saturated heterocycles. The fourth-order valence-electron chi connectivity index (χ4n) is 9.04. The first-order valence-corrected chi connectivity index (χ1v) is 23.7. The summed E-state index contributed by atoms with van der Waals surface area (Å²) in [6.45, 7) is 30.5. The number of hydrogen-bond donors (Lipinski definition) is 0. The average Bonchev–Trinajstić information content (AvgIpc) is 3.21. The molecule has 0 N–H and O–H groups in total. The molecule has 0 bridgehead atoms. The summed E-state index contributed by atoms with van der Waals surface area (Å²) in [4.78, 5) is 13.7. The van der Waals surface area contributed by atoms with Gasteiger partial charge in [0.05, 0.1) is 25.2 Å². The van der Waals surface area contributed by atoms with Crippen LogP contribution in [-0.4, -0.2) is 67.0 Å². The normalized spacial score (nSPS) is 36.3. The fourth-order valence-corrected chi connectivity index (χ4v) is 11.8. The number of rotatable bonds is 9. The molecule has 8 atom stereocenters. The summed E-state index contributed by atoms with van der Waals surface area (Å²) in [6.07, 6.45) is 12.1. The van der Waals surface area contributed by atoms with E-state index in [2.05, 4.69) is 87.7 Å². The third-order valence-electron chi connectivity index (χ3n) is 14.1. The van der Waals surface area contributed by atoms with E-state index in [1.54, 1.807) is 10.5 Å². The predicted octanol–water partition coefficient (Wildman–Crippen LogP) is 9.45. The first-order valence-electron chi connectivity index (χ1n) is 17.9. The first-order chi connectivity index (χ1) is 20.0. The molecular formula is C37H69NO4Si2. The van der Waals surface area contributed by atoms with Gasteiger partial charge in [-0.15, -0.1) is 0 Å². The Hall–Kier alpha value is -0.476. The lowest BCUT2D eigenvalue weighted by Gasteiger charge is -2.61. The second-order valence-corrected chi connectivity index (χ2v) is 28.4. The van der Waals surface area contributed by atoms with Crippen molar-refractivity contribution in [2.45, 2.75) is 155 Å². The van der Waals surface area contributed by atoms with Crippen LogP contribution in [0.4, 0.5) is 0 Å². The molecule has 3 fully saturated rings. The van der Waals surface area contributed by atoms with Crippen molar-refractivity contribution < 1.29 is 18.4 Å². The van der Waals surface area contributed by atoms with Crippen molar-refractivity contribution in [2.24, 2.45) is 34.5 Å². The van der Waals surface area contributed by atoms with Gasteiger partial charge in [0, 0.05) is 26.1 Å². The van der Waals surface area contributed by atoms with Gasteiger partial charge in [-0.05, 0) is 110 Å². The maximum atomic E-state index is 12.1. The Balaban J connectivity index is 1.58. The molecule has 3 saturated carbocycles. The Bertz CT molecular complexity index is 1070. The van der Waals surface area contributed by atoms with Crippen molar-refractivity contribution in [3.05, 3.63) is 11.6 Å². The van der Waals surface area contributed by atoms with Gasteiger partial charge in [-0.25, -0.2) is 0 Å². The highest BCUT2D eigenvalue weighted by molar-refractivity contribution is 6.74. The van der Waals surface area contributed by atoms with E-state index in [1.165, 1.54) is 32.1 Å². The number of nitrogens with zero attached hydrogens (tertiary/aromatic N) is 1. The van der Waals surface area contributed by atoms with Crippen molar-refractivity contribution in [3.63, 3.8) is 0 Å². The Kier molecular flexibility index (Phi) is 10.3. The van der Waals surface area contributed by atoms with Crippen LogP contribution in [0.2, 0.25) is 36.3 Å². The quantitative estimate of drug-likeness (QED) is 0.142. The summed E-state index contributed by atoms with van der Waals surface area (Å²) >= 11 is 0.